The molecule has 0 radical (unpaired) electrons. The van der Waals surface area contributed by atoms with Gasteiger partial charge in [0.05, 0.1) is 27.4 Å². The molecular weight excluding hydrogens is 345 g/mol. The van der Waals surface area contributed by atoms with Gasteiger partial charge in [-0.15, -0.1) is 0 Å². The minimum absolute atomic E-state index is 0.128. The molecule has 0 saturated carbocycles. The quantitative estimate of drug-likeness (QED) is 0.842. The van der Waals surface area contributed by atoms with E-state index in [2.05, 4.69) is 33.3 Å². The van der Waals surface area contributed by atoms with Gasteiger partial charge in [-0.2, -0.15) is 5.10 Å². The highest BCUT2D eigenvalue weighted by molar-refractivity contribution is 9.10. The number of halogens is 3. The lowest BCUT2D eigenvalue weighted by Gasteiger charge is -2.09. The van der Waals surface area contributed by atoms with Crippen molar-refractivity contribution in [3.05, 3.63) is 44.9 Å². The minimum Gasteiger partial charge on any atom is -0.379 e. The second kappa shape index (κ2) is 6.59. The second-order valence-electron chi connectivity index (χ2n) is 4.36. The van der Waals surface area contributed by atoms with Gasteiger partial charge in [0, 0.05) is 12.2 Å². The van der Waals surface area contributed by atoms with Crippen LogP contribution >= 0.6 is 27.5 Å². The molecule has 1 heterocycles. The Morgan fingerprint density at radius 3 is 2.75 bits per heavy atom. The number of benzene rings is 1. The van der Waals surface area contributed by atoms with Crippen molar-refractivity contribution < 1.29 is 4.39 Å². The molecule has 1 aromatic heterocycles. The molecule has 1 N–H and O–H groups in total. The number of rotatable bonds is 5. The number of anilines is 1. The van der Waals surface area contributed by atoms with Gasteiger partial charge >= 0.3 is 0 Å². The highest BCUT2D eigenvalue weighted by Gasteiger charge is 2.13. The molecule has 0 spiro atoms. The monoisotopic (exact) mass is 359 g/mol. The maximum atomic E-state index is 13.4. The minimum atomic E-state index is -0.422. The van der Waals surface area contributed by atoms with Gasteiger partial charge in [-0.3, -0.25) is 4.68 Å². The Hall–Kier alpha value is -1.07. The lowest BCUT2D eigenvalue weighted by Crippen LogP contribution is -2.08. The van der Waals surface area contributed by atoms with Crippen LogP contribution in [0.4, 0.5) is 10.1 Å². The summed E-state index contributed by atoms with van der Waals surface area (Å²) in [5.41, 5.74) is 2.78. The number of nitrogens with one attached hydrogen (secondary N) is 1. The van der Waals surface area contributed by atoms with Crippen LogP contribution in [0.2, 0.25) is 5.02 Å². The van der Waals surface area contributed by atoms with Crippen molar-refractivity contribution in [3.63, 3.8) is 0 Å². The largest absolute Gasteiger partial charge is 0.379 e. The van der Waals surface area contributed by atoms with Gasteiger partial charge in [-0.25, -0.2) is 4.39 Å². The Labute approximate surface area is 131 Å². The summed E-state index contributed by atoms with van der Waals surface area (Å²) in [5.74, 6) is -0.422. The number of nitrogens with zero attached hydrogens (tertiary/aromatic N) is 2. The van der Waals surface area contributed by atoms with Gasteiger partial charge in [0.1, 0.15) is 5.82 Å². The molecule has 20 heavy (non-hydrogen) atoms. The van der Waals surface area contributed by atoms with E-state index in [0.29, 0.717) is 12.2 Å². The van der Waals surface area contributed by atoms with E-state index in [1.165, 1.54) is 6.07 Å². The molecule has 108 valence electrons. The molecule has 0 fully saturated rings. The summed E-state index contributed by atoms with van der Waals surface area (Å²) < 4.78 is 16.4. The van der Waals surface area contributed by atoms with E-state index in [1.807, 2.05) is 11.6 Å². The zero-order valence-corrected chi connectivity index (χ0v) is 13.7. The van der Waals surface area contributed by atoms with Crippen LogP contribution in [0.1, 0.15) is 25.2 Å². The zero-order valence-electron chi connectivity index (χ0n) is 11.4. The lowest BCUT2D eigenvalue weighted by atomic mass is 10.2. The van der Waals surface area contributed by atoms with E-state index in [4.69, 9.17) is 11.6 Å². The van der Waals surface area contributed by atoms with Gasteiger partial charge in [0.25, 0.3) is 0 Å². The molecule has 0 unspecified atom stereocenters. The van der Waals surface area contributed by atoms with E-state index in [9.17, 15) is 4.39 Å². The highest BCUT2D eigenvalue weighted by Crippen LogP contribution is 2.24. The number of aromatic nitrogens is 2. The van der Waals surface area contributed by atoms with Crippen molar-refractivity contribution in [3.8, 4) is 0 Å². The van der Waals surface area contributed by atoms with Gasteiger partial charge in [-0.1, -0.05) is 18.5 Å². The summed E-state index contributed by atoms with van der Waals surface area (Å²) in [6.45, 7) is 5.48. The average molecular weight is 361 g/mol. The fourth-order valence-corrected chi connectivity index (χ4v) is 2.80. The third-order valence-corrected chi connectivity index (χ3v) is 4.30. The van der Waals surface area contributed by atoms with Crippen molar-refractivity contribution in [2.75, 3.05) is 5.32 Å². The summed E-state index contributed by atoms with van der Waals surface area (Å²) in [5, 5.41) is 7.85. The summed E-state index contributed by atoms with van der Waals surface area (Å²) in [4.78, 5) is 0. The van der Waals surface area contributed by atoms with Gasteiger partial charge in [0.2, 0.25) is 0 Å². The Morgan fingerprint density at radius 1 is 1.40 bits per heavy atom. The van der Waals surface area contributed by atoms with Crippen LogP contribution < -0.4 is 5.32 Å². The second-order valence-corrected chi connectivity index (χ2v) is 5.56. The number of hydrogen-bond acceptors (Lipinski definition) is 2. The summed E-state index contributed by atoms with van der Waals surface area (Å²) in [6.07, 6.45) is 0.871. The van der Waals surface area contributed by atoms with Crippen molar-refractivity contribution in [1.82, 2.24) is 9.78 Å². The highest BCUT2D eigenvalue weighted by atomic mass is 79.9. The molecule has 1 aromatic carbocycles. The standard InChI is InChI=1S/C14H16BrClFN3/c1-3-12-14(15)13(20(4-2)19-12)8-18-9-5-6-10(16)11(17)7-9/h5-7,18H,3-4,8H2,1-2H3. The first-order valence-corrected chi connectivity index (χ1v) is 7.66. The topological polar surface area (TPSA) is 29.9 Å². The molecule has 2 rings (SSSR count). The number of hydrogen-bond donors (Lipinski definition) is 1. The fraction of sp³-hybridized carbons (Fsp3) is 0.357. The predicted molar refractivity (Wildman–Crippen MR) is 83.7 cm³/mol. The first kappa shape index (κ1) is 15.3. The van der Waals surface area contributed by atoms with Crippen LogP contribution in [-0.4, -0.2) is 9.78 Å². The van der Waals surface area contributed by atoms with Crippen molar-refractivity contribution >= 4 is 33.2 Å². The van der Waals surface area contributed by atoms with Crippen LogP contribution in [-0.2, 0) is 19.5 Å². The SMILES string of the molecule is CCc1nn(CC)c(CNc2ccc(Cl)c(F)c2)c1Br. The van der Waals surface area contributed by atoms with Crippen LogP contribution in [0, 0.1) is 5.82 Å². The first-order chi connectivity index (χ1) is 9.56. The molecule has 0 aliphatic carbocycles. The molecule has 0 atom stereocenters. The van der Waals surface area contributed by atoms with E-state index in [-0.39, 0.29) is 5.02 Å². The number of aryl methyl sites for hydroxylation is 2. The molecule has 2 aromatic rings. The Morgan fingerprint density at radius 2 is 2.15 bits per heavy atom. The summed E-state index contributed by atoms with van der Waals surface area (Å²) in [6, 6.07) is 4.69. The zero-order chi connectivity index (χ0) is 14.7. The van der Waals surface area contributed by atoms with Crippen LogP contribution in [0.25, 0.3) is 0 Å². The smallest absolute Gasteiger partial charge is 0.143 e. The Bertz CT molecular complexity index is 613. The molecule has 3 nitrogen and oxygen atoms in total. The fourth-order valence-electron chi connectivity index (χ4n) is 1.98. The molecule has 0 aliphatic rings. The Kier molecular flexibility index (Phi) is 5.05. The van der Waals surface area contributed by atoms with E-state index < -0.39 is 5.82 Å². The normalized spacial score (nSPS) is 10.8. The third-order valence-electron chi connectivity index (χ3n) is 3.07. The molecular formula is C14H16BrClFN3. The van der Waals surface area contributed by atoms with Gasteiger partial charge < -0.3 is 5.32 Å². The van der Waals surface area contributed by atoms with Crippen LogP contribution in [0.3, 0.4) is 0 Å². The molecule has 6 heteroatoms. The summed E-state index contributed by atoms with van der Waals surface area (Å²) >= 11 is 9.25. The first-order valence-electron chi connectivity index (χ1n) is 6.49. The Balaban J connectivity index is 2.17. The average Bonchev–Trinajstić information content (AvgIpc) is 2.76. The van der Waals surface area contributed by atoms with E-state index in [0.717, 1.165) is 28.8 Å². The predicted octanol–water partition coefficient (Wildman–Crippen LogP) is 4.63. The van der Waals surface area contributed by atoms with E-state index >= 15 is 0 Å². The maximum Gasteiger partial charge on any atom is 0.143 e. The van der Waals surface area contributed by atoms with Crippen LogP contribution in [0.5, 0.6) is 0 Å². The lowest BCUT2D eigenvalue weighted by molar-refractivity contribution is 0.618. The molecule has 0 amide bonds. The van der Waals surface area contributed by atoms with Crippen molar-refractivity contribution in [2.45, 2.75) is 33.4 Å². The summed E-state index contributed by atoms with van der Waals surface area (Å²) in [7, 11) is 0. The van der Waals surface area contributed by atoms with E-state index in [1.54, 1.807) is 12.1 Å². The maximum absolute atomic E-state index is 13.4. The molecule has 0 saturated heterocycles. The third kappa shape index (κ3) is 3.15. The molecule has 0 bridgehead atoms. The van der Waals surface area contributed by atoms with Crippen LogP contribution in [0.15, 0.2) is 22.7 Å². The van der Waals surface area contributed by atoms with Crippen molar-refractivity contribution in [1.29, 1.82) is 0 Å². The van der Waals surface area contributed by atoms with Crippen molar-refractivity contribution in [2.24, 2.45) is 0 Å². The molecule has 0 aliphatic heterocycles. The van der Waals surface area contributed by atoms with Gasteiger partial charge in [-0.05, 0) is 47.5 Å². The van der Waals surface area contributed by atoms with Gasteiger partial charge in [0.15, 0.2) is 0 Å².